The third-order valence-corrected chi connectivity index (χ3v) is 6.98. The summed E-state index contributed by atoms with van der Waals surface area (Å²) in [6, 6.07) is 24.8. The normalized spacial score (nSPS) is 14.3. The molecule has 4 rings (SSSR count). The van der Waals surface area contributed by atoms with Crippen LogP contribution in [0.15, 0.2) is 72.8 Å². The number of morpholine rings is 1. The van der Waals surface area contributed by atoms with E-state index in [4.69, 9.17) is 14.2 Å². The molecule has 0 radical (unpaired) electrons. The van der Waals surface area contributed by atoms with Crippen molar-refractivity contribution in [3.8, 4) is 11.5 Å². The Bertz CT molecular complexity index is 1070. The van der Waals surface area contributed by atoms with E-state index >= 15 is 0 Å². The molecule has 1 aliphatic rings. The van der Waals surface area contributed by atoms with E-state index in [1.54, 1.807) is 0 Å². The zero-order valence-corrected chi connectivity index (χ0v) is 22.5. The molecule has 3 aromatic carbocycles. The molecule has 3 aromatic rings. The number of benzene rings is 3. The first-order valence-electron chi connectivity index (χ1n) is 13.9. The second-order valence-electron chi connectivity index (χ2n) is 9.76. The number of hydrogen-bond donors (Lipinski definition) is 1. The van der Waals surface area contributed by atoms with Crippen LogP contribution in [0.1, 0.15) is 51.5 Å². The Morgan fingerprint density at radius 2 is 1.68 bits per heavy atom. The first-order valence-corrected chi connectivity index (χ1v) is 13.9. The lowest BCUT2D eigenvalue weighted by atomic mass is 9.96. The predicted octanol–water partition coefficient (Wildman–Crippen LogP) is 7.83. The smallest absolute Gasteiger partial charge is 0.122 e. The first-order chi connectivity index (χ1) is 18.2. The molecule has 198 valence electrons. The largest absolute Gasteiger partial charge is 0.494 e. The highest BCUT2D eigenvalue weighted by atomic mass is 16.5. The summed E-state index contributed by atoms with van der Waals surface area (Å²) < 4.78 is 17.9. The van der Waals surface area contributed by atoms with Crippen LogP contribution in [-0.4, -0.2) is 32.9 Å². The molecule has 0 aliphatic carbocycles. The topological polar surface area (TPSA) is 43.0 Å². The highest BCUT2D eigenvalue weighted by Crippen LogP contribution is 2.34. The Labute approximate surface area is 222 Å². The van der Waals surface area contributed by atoms with Gasteiger partial charge in [0.05, 0.1) is 31.2 Å². The molecule has 1 fully saturated rings. The van der Waals surface area contributed by atoms with Gasteiger partial charge in [-0.2, -0.15) is 0 Å². The average Bonchev–Trinajstić information content (AvgIpc) is 2.95. The van der Waals surface area contributed by atoms with Crippen LogP contribution >= 0.6 is 0 Å². The lowest BCUT2D eigenvalue weighted by Gasteiger charge is -2.31. The van der Waals surface area contributed by atoms with Gasteiger partial charge in [0.1, 0.15) is 18.1 Å². The maximum atomic E-state index is 6.14. The summed E-state index contributed by atoms with van der Waals surface area (Å²) in [5, 5.41) is 3.63. The predicted molar refractivity (Wildman–Crippen MR) is 153 cm³/mol. The highest BCUT2D eigenvalue weighted by Gasteiger charge is 2.16. The van der Waals surface area contributed by atoms with E-state index in [9.17, 15) is 0 Å². The lowest BCUT2D eigenvalue weighted by molar-refractivity contribution is 0.122. The van der Waals surface area contributed by atoms with Crippen molar-refractivity contribution in [2.24, 2.45) is 5.92 Å². The van der Waals surface area contributed by atoms with Gasteiger partial charge in [-0.05, 0) is 48.6 Å². The van der Waals surface area contributed by atoms with Crippen molar-refractivity contribution in [3.05, 3.63) is 78.4 Å². The van der Waals surface area contributed by atoms with Crippen molar-refractivity contribution in [1.82, 2.24) is 0 Å². The summed E-state index contributed by atoms with van der Waals surface area (Å²) in [7, 11) is 0. The standard InChI is InChI=1S/C32H42N2O3/c1-3-10-26(4-2)13-9-20-36-29-15-8-14-28(23-29)33-31-17-16-30(37-25-27-11-6-5-7-12-27)24-32(31)34-18-21-35-22-19-34/h5-8,11-12,14-17,23-24,26,33H,3-4,9-10,13,18-22,25H2,1-2H3. The molecule has 0 amide bonds. The van der Waals surface area contributed by atoms with Gasteiger partial charge in [-0.3, -0.25) is 0 Å². The van der Waals surface area contributed by atoms with E-state index in [0.29, 0.717) is 6.61 Å². The zero-order chi connectivity index (χ0) is 25.7. The zero-order valence-electron chi connectivity index (χ0n) is 22.5. The van der Waals surface area contributed by atoms with Gasteiger partial charge in [0.2, 0.25) is 0 Å². The van der Waals surface area contributed by atoms with Gasteiger partial charge in [-0.25, -0.2) is 0 Å². The Hall–Kier alpha value is -3.18. The Kier molecular flexibility index (Phi) is 10.6. The second kappa shape index (κ2) is 14.5. The fraction of sp³-hybridized carbons (Fsp3) is 0.438. The minimum Gasteiger partial charge on any atom is -0.494 e. The van der Waals surface area contributed by atoms with Crippen LogP contribution in [0.4, 0.5) is 17.1 Å². The summed E-state index contributed by atoms with van der Waals surface area (Å²) in [5.74, 6) is 2.59. The molecular formula is C32H42N2O3. The lowest BCUT2D eigenvalue weighted by Crippen LogP contribution is -2.36. The highest BCUT2D eigenvalue weighted by molar-refractivity contribution is 5.77. The summed E-state index contributed by atoms with van der Waals surface area (Å²) in [5.41, 5.74) is 4.35. The molecule has 0 saturated carbocycles. The number of rotatable bonds is 14. The van der Waals surface area contributed by atoms with Crippen molar-refractivity contribution in [2.45, 2.75) is 52.6 Å². The third kappa shape index (κ3) is 8.43. The van der Waals surface area contributed by atoms with Gasteiger partial charge in [-0.15, -0.1) is 0 Å². The molecule has 1 unspecified atom stereocenters. The van der Waals surface area contributed by atoms with E-state index in [-0.39, 0.29) is 0 Å². The fourth-order valence-corrected chi connectivity index (χ4v) is 4.86. The molecule has 1 saturated heterocycles. The molecular weight excluding hydrogens is 460 g/mol. The Balaban J connectivity index is 1.41. The van der Waals surface area contributed by atoms with Gasteiger partial charge in [0.15, 0.2) is 0 Å². The fourth-order valence-electron chi connectivity index (χ4n) is 4.86. The second-order valence-corrected chi connectivity index (χ2v) is 9.76. The van der Waals surface area contributed by atoms with Crippen LogP contribution in [0.25, 0.3) is 0 Å². The summed E-state index contributed by atoms with van der Waals surface area (Å²) in [6.07, 6.45) is 6.18. The Morgan fingerprint density at radius 3 is 2.46 bits per heavy atom. The van der Waals surface area contributed by atoms with Crippen molar-refractivity contribution in [1.29, 1.82) is 0 Å². The van der Waals surface area contributed by atoms with Crippen molar-refractivity contribution < 1.29 is 14.2 Å². The maximum Gasteiger partial charge on any atom is 0.122 e. The number of nitrogens with zero attached hydrogens (tertiary/aromatic N) is 1. The molecule has 0 spiro atoms. The molecule has 0 aromatic heterocycles. The molecule has 1 atom stereocenters. The summed E-state index contributed by atoms with van der Waals surface area (Å²) in [6.45, 7) is 9.05. The van der Waals surface area contributed by atoms with Crippen LogP contribution in [0, 0.1) is 5.92 Å². The van der Waals surface area contributed by atoms with E-state index in [2.05, 4.69) is 66.5 Å². The van der Waals surface area contributed by atoms with Crippen LogP contribution in [0.3, 0.4) is 0 Å². The van der Waals surface area contributed by atoms with Gasteiger partial charge < -0.3 is 24.4 Å². The molecule has 1 N–H and O–H groups in total. The van der Waals surface area contributed by atoms with Gasteiger partial charge in [0.25, 0.3) is 0 Å². The third-order valence-electron chi connectivity index (χ3n) is 6.98. The van der Waals surface area contributed by atoms with Crippen LogP contribution in [0.2, 0.25) is 0 Å². The molecule has 0 bridgehead atoms. The molecule has 1 heterocycles. The van der Waals surface area contributed by atoms with E-state index in [1.165, 1.54) is 25.7 Å². The van der Waals surface area contributed by atoms with Gasteiger partial charge in [-0.1, -0.05) is 69.5 Å². The molecule has 5 heteroatoms. The van der Waals surface area contributed by atoms with E-state index in [0.717, 1.165) is 79.4 Å². The summed E-state index contributed by atoms with van der Waals surface area (Å²) >= 11 is 0. The van der Waals surface area contributed by atoms with Crippen molar-refractivity contribution in [2.75, 3.05) is 43.1 Å². The maximum absolute atomic E-state index is 6.14. The average molecular weight is 503 g/mol. The first kappa shape index (κ1) is 26.9. The molecule has 37 heavy (non-hydrogen) atoms. The number of anilines is 3. The minimum atomic E-state index is 0.549. The number of hydrogen-bond acceptors (Lipinski definition) is 5. The van der Waals surface area contributed by atoms with Crippen molar-refractivity contribution in [3.63, 3.8) is 0 Å². The number of ether oxygens (including phenoxy) is 3. The van der Waals surface area contributed by atoms with Crippen LogP contribution in [-0.2, 0) is 11.3 Å². The Morgan fingerprint density at radius 1 is 0.865 bits per heavy atom. The SMILES string of the molecule is CCCC(CC)CCCOc1cccc(Nc2ccc(OCc3ccccc3)cc2N2CCOCC2)c1. The molecule has 1 aliphatic heterocycles. The van der Waals surface area contributed by atoms with Crippen LogP contribution in [0.5, 0.6) is 11.5 Å². The van der Waals surface area contributed by atoms with E-state index in [1.807, 2.05) is 30.3 Å². The number of nitrogens with one attached hydrogen (secondary N) is 1. The van der Waals surface area contributed by atoms with Gasteiger partial charge in [0, 0.05) is 30.9 Å². The monoisotopic (exact) mass is 502 g/mol. The van der Waals surface area contributed by atoms with Crippen LogP contribution < -0.4 is 19.7 Å². The minimum absolute atomic E-state index is 0.549. The molecule has 5 nitrogen and oxygen atoms in total. The quantitative estimate of drug-likeness (QED) is 0.228. The van der Waals surface area contributed by atoms with E-state index < -0.39 is 0 Å². The summed E-state index contributed by atoms with van der Waals surface area (Å²) in [4.78, 5) is 2.36. The van der Waals surface area contributed by atoms with Gasteiger partial charge >= 0.3 is 0 Å². The van der Waals surface area contributed by atoms with Crippen molar-refractivity contribution >= 4 is 17.1 Å².